The van der Waals surface area contributed by atoms with Gasteiger partial charge in [0.15, 0.2) is 0 Å². The maximum atomic E-state index is 11.3. The second-order valence-corrected chi connectivity index (χ2v) is 5.05. The summed E-state index contributed by atoms with van der Waals surface area (Å²) in [6.07, 6.45) is 5.25. The third-order valence-corrected chi connectivity index (χ3v) is 2.96. The Bertz CT molecular complexity index is 164. The summed E-state index contributed by atoms with van der Waals surface area (Å²) in [5.41, 5.74) is 0.319. The van der Waals surface area contributed by atoms with Gasteiger partial charge in [-0.25, -0.2) is 0 Å². The van der Waals surface area contributed by atoms with Gasteiger partial charge in [0, 0.05) is 12.8 Å². The molecule has 0 aromatic rings. The minimum absolute atomic E-state index is 0.319. The van der Waals surface area contributed by atoms with Crippen molar-refractivity contribution in [3.8, 4) is 0 Å². The molecule has 0 saturated heterocycles. The second kappa shape index (κ2) is 3.59. The first-order valence-electron chi connectivity index (χ1n) is 5.02. The van der Waals surface area contributed by atoms with Gasteiger partial charge in [-0.2, -0.15) is 0 Å². The fourth-order valence-electron chi connectivity index (χ4n) is 1.93. The number of ketones is 1. The summed E-state index contributed by atoms with van der Waals surface area (Å²) in [7, 11) is 0. The SMILES string of the molecule is CC(C)(C)[C@H]1CCCCC(=O)C1. The fourth-order valence-corrected chi connectivity index (χ4v) is 1.93. The van der Waals surface area contributed by atoms with Gasteiger partial charge in [0.25, 0.3) is 0 Å². The van der Waals surface area contributed by atoms with Crippen LogP contribution >= 0.6 is 0 Å². The number of rotatable bonds is 0. The predicted molar refractivity (Wildman–Crippen MR) is 51.0 cm³/mol. The lowest BCUT2D eigenvalue weighted by atomic mass is 9.76. The highest BCUT2D eigenvalue weighted by molar-refractivity contribution is 5.78. The molecule has 0 aromatic heterocycles. The van der Waals surface area contributed by atoms with E-state index in [1.807, 2.05) is 0 Å². The molecule has 1 aliphatic carbocycles. The van der Waals surface area contributed by atoms with Crippen molar-refractivity contribution in [3.63, 3.8) is 0 Å². The van der Waals surface area contributed by atoms with Gasteiger partial charge in [-0.15, -0.1) is 0 Å². The number of hydrogen-bond donors (Lipinski definition) is 0. The molecule has 0 radical (unpaired) electrons. The van der Waals surface area contributed by atoms with Crippen LogP contribution in [-0.4, -0.2) is 5.78 Å². The molecule has 0 aromatic carbocycles. The van der Waals surface area contributed by atoms with Crippen LogP contribution in [0.15, 0.2) is 0 Å². The summed E-state index contributed by atoms with van der Waals surface area (Å²) in [5.74, 6) is 1.10. The van der Waals surface area contributed by atoms with Crippen LogP contribution < -0.4 is 0 Å². The van der Waals surface area contributed by atoms with E-state index in [1.54, 1.807) is 0 Å². The van der Waals surface area contributed by atoms with Gasteiger partial charge in [-0.3, -0.25) is 4.79 Å². The van der Waals surface area contributed by atoms with E-state index in [0.29, 0.717) is 17.1 Å². The Kier molecular flexibility index (Phi) is 2.92. The summed E-state index contributed by atoms with van der Waals surface area (Å²) in [6, 6.07) is 0. The van der Waals surface area contributed by atoms with Gasteiger partial charge in [0.1, 0.15) is 5.78 Å². The number of carbonyl (C=O) groups excluding carboxylic acids is 1. The van der Waals surface area contributed by atoms with Gasteiger partial charge in [0.2, 0.25) is 0 Å². The molecule has 0 spiro atoms. The molecular formula is C11H20O. The van der Waals surface area contributed by atoms with Crippen LogP contribution in [0.4, 0.5) is 0 Å². The van der Waals surface area contributed by atoms with Crippen LogP contribution in [-0.2, 0) is 4.79 Å². The predicted octanol–water partition coefficient (Wildman–Crippen LogP) is 3.18. The summed E-state index contributed by atoms with van der Waals surface area (Å²) in [5, 5.41) is 0. The van der Waals surface area contributed by atoms with Crippen molar-refractivity contribution in [2.24, 2.45) is 11.3 Å². The van der Waals surface area contributed by atoms with E-state index >= 15 is 0 Å². The molecule has 0 aliphatic heterocycles. The third kappa shape index (κ3) is 2.62. The lowest BCUT2D eigenvalue weighted by Gasteiger charge is -2.29. The zero-order chi connectivity index (χ0) is 9.19. The molecule has 70 valence electrons. The monoisotopic (exact) mass is 168 g/mol. The average molecular weight is 168 g/mol. The smallest absolute Gasteiger partial charge is 0.133 e. The largest absolute Gasteiger partial charge is 0.300 e. The number of Topliss-reactive ketones (excluding diaryl/α,β-unsaturated/α-hetero) is 1. The van der Waals surface area contributed by atoms with Crippen LogP contribution in [0.3, 0.4) is 0 Å². The summed E-state index contributed by atoms with van der Waals surface area (Å²) in [4.78, 5) is 11.3. The van der Waals surface area contributed by atoms with Gasteiger partial charge in [0.05, 0.1) is 0 Å². The highest BCUT2D eigenvalue weighted by Gasteiger charge is 2.27. The Morgan fingerprint density at radius 1 is 1.25 bits per heavy atom. The average Bonchev–Trinajstić information content (AvgIpc) is 2.11. The van der Waals surface area contributed by atoms with Crippen LogP contribution in [0.5, 0.6) is 0 Å². The standard InChI is InChI=1S/C11H20O/c1-11(2,3)9-6-4-5-7-10(12)8-9/h9H,4-8H2,1-3H3/t9-/m0/s1. The van der Waals surface area contributed by atoms with E-state index < -0.39 is 0 Å². The number of hydrogen-bond acceptors (Lipinski definition) is 1. The van der Waals surface area contributed by atoms with Crippen LogP contribution in [0.1, 0.15) is 52.9 Å². The Labute approximate surface area is 75.5 Å². The highest BCUT2D eigenvalue weighted by atomic mass is 16.1. The Balaban J connectivity index is 2.58. The molecule has 1 aliphatic rings. The normalized spacial score (nSPS) is 26.9. The van der Waals surface area contributed by atoms with Crippen molar-refractivity contribution in [2.75, 3.05) is 0 Å². The van der Waals surface area contributed by atoms with E-state index in [0.717, 1.165) is 19.3 Å². The van der Waals surface area contributed by atoms with Crippen molar-refractivity contribution in [2.45, 2.75) is 52.9 Å². The maximum absolute atomic E-state index is 11.3. The van der Waals surface area contributed by atoms with E-state index in [4.69, 9.17) is 0 Å². The molecule has 0 amide bonds. The van der Waals surface area contributed by atoms with Gasteiger partial charge in [-0.05, 0) is 24.2 Å². The zero-order valence-corrected chi connectivity index (χ0v) is 8.52. The highest BCUT2D eigenvalue weighted by Crippen LogP contribution is 2.35. The van der Waals surface area contributed by atoms with Crippen LogP contribution in [0.2, 0.25) is 0 Å². The van der Waals surface area contributed by atoms with Crippen molar-refractivity contribution in [1.82, 2.24) is 0 Å². The van der Waals surface area contributed by atoms with Gasteiger partial charge >= 0.3 is 0 Å². The molecule has 0 heterocycles. The summed E-state index contributed by atoms with van der Waals surface area (Å²) >= 11 is 0. The van der Waals surface area contributed by atoms with E-state index in [9.17, 15) is 4.79 Å². The molecule has 0 N–H and O–H groups in total. The first kappa shape index (κ1) is 9.76. The molecule has 0 bridgehead atoms. The Morgan fingerprint density at radius 3 is 2.50 bits per heavy atom. The number of carbonyl (C=O) groups is 1. The van der Waals surface area contributed by atoms with E-state index in [-0.39, 0.29) is 0 Å². The van der Waals surface area contributed by atoms with Crippen LogP contribution in [0, 0.1) is 11.3 Å². The lowest BCUT2D eigenvalue weighted by Crippen LogP contribution is -2.21. The second-order valence-electron chi connectivity index (χ2n) is 5.05. The fraction of sp³-hybridized carbons (Fsp3) is 0.909. The van der Waals surface area contributed by atoms with E-state index in [1.165, 1.54) is 12.8 Å². The van der Waals surface area contributed by atoms with Crippen molar-refractivity contribution in [1.29, 1.82) is 0 Å². The third-order valence-electron chi connectivity index (χ3n) is 2.96. The zero-order valence-electron chi connectivity index (χ0n) is 8.52. The molecular weight excluding hydrogens is 148 g/mol. The molecule has 0 unspecified atom stereocenters. The van der Waals surface area contributed by atoms with Crippen LogP contribution in [0.25, 0.3) is 0 Å². The first-order chi connectivity index (χ1) is 5.50. The Morgan fingerprint density at radius 2 is 1.92 bits per heavy atom. The molecule has 1 saturated carbocycles. The maximum Gasteiger partial charge on any atom is 0.133 e. The van der Waals surface area contributed by atoms with Gasteiger partial charge < -0.3 is 0 Å². The summed E-state index contributed by atoms with van der Waals surface area (Å²) in [6.45, 7) is 6.74. The topological polar surface area (TPSA) is 17.1 Å². The molecule has 12 heavy (non-hydrogen) atoms. The van der Waals surface area contributed by atoms with Crippen molar-refractivity contribution < 1.29 is 4.79 Å². The molecule has 1 nitrogen and oxygen atoms in total. The summed E-state index contributed by atoms with van der Waals surface area (Å²) < 4.78 is 0. The minimum atomic E-state index is 0.319. The molecule has 1 rings (SSSR count). The molecule has 1 atom stereocenters. The van der Waals surface area contributed by atoms with E-state index in [2.05, 4.69) is 20.8 Å². The minimum Gasteiger partial charge on any atom is -0.300 e. The van der Waals surface area contributed by atoms with Crippen molar-refractivity contribution >= 4 is 5.78 Å². The quantitative estimate of drug-likeness (QED) is 0.508. The molecule has 1 fully saturated rings. The molecule has 1 heteroatoms. The van der Waals surface area contributed by atoms with Gasteiger partial charge in [-0.1, -0.05) is 27.2 Å². The Hall–Kier alpha value is -0.330. The first-order valence-corrected chi connectivity index (χ1v) is 5.02. The lowest BCUT2D eigenvalue weighted by molar-refractivity contribution is -0.120. The van der Waals surface area contributed by atoms with Crippen molar-refractivity contribution in [3.05, 3.63) is 0 Å².